The molecule has 6 nitrogen and oxygen atoms in total. The number of thiophene rings is 1. The van der Waals surface area contributed by atoms with Crippen LogP contribution in [0.3, 0.4) is 0 Å². The van der Waals surface area contributed by atoms with Crippen LogP contribution in [-0.4, -0.2) is 40.5 Å². The summed E-state index contributed by atoms with van der Waals surface area (Å²) in [7, 11) is 0. The molecule has 0 aromatic carbocycles. The van der Waals surface area contributed by atoms with E-state index in [2.05, 4.69) is 19.2 Å². The highest BCUT2D eigenvalue weighted by Gasteiger charge is 2.22. The van der Waals surface area contributed by atoms with Gasteiger partial charge in [-0.05, 0) is 63.9 Å². The summed E-state index contributed by atoms with van der Waals surface area (Å²) in [6, 6.07) is 0. The fourth-order valence-electron chi connectivity index (χ4n) is 3.71. The maximum absolute atomic E-state index is 13.4. The van der Waals surface area contributed by atoms with Crippen LogP contribution in [0.15, 0.2) is 9.95 Å². The normalized spacial score (nSPS) is 13.9. The molecule has 2 aromatic heterocycles. The lowest BCUT2D eigenvalue weighted by molar-refractivity contribution is -0.118. The van der Waals surface area contributed by atoms with Crippen LogP contribution in [-0.2, 0) is 28.9 Å². The molecule has 0 fully saturated rings. The maximum Gasteiger partial charge on any atom is 0.263 e. The molecule has 3 rings (SSSR count). The van der Waals surface area contributed by atoms with E-state index in [-0.39, 0.29) is 23.3 Å². The molecule has 0 atom stereocenters. The zero-order chi connectivity index (χ0) is 22.4. The van der Waals surface area contributed by atoms with E-state index in [1.807, 2.05) is 13.8 Å². The third kappa shape index (κ3) is 6.56. The zero-order valence-corrected chi connectivity index (χ0v) is 20.8. The van der Waals surface area contributed by atoms with Crippen molar-refractivity contribution < 1.29 is 9.53 Å². The zero-order valence-electron chi connectivity index (χ0n) is 19.2. The van der Waals surface area contributed by atoms with Crippen LogP contribution in [0, 0.1) is 5.92 Å². The first-order valence-corrected chi connectivity index (χ1v) is 13.2. The van der Waals surface area contributed by atoms with E-state index in [0.717, 1.165) is 42.3 Å². The van der Waals surface area contributed by atoms with Crippen LogP contribution in [0.1, 0.15) is 63.8 Å². The lowest BCUT2D eigenvalue weighted by Gasteiger charge is -2.14. The maximum atomic E-state index is 13.4. The third-order valence-corrected chi connectivity index (χ3v) is 7.56. The minimum Gasteiger partial charge on any atom is -0.379 e. The molecule has 2 heterocycles. The SMILES string of the molecule is CC(C)CCn1c(SCC(=O)NCCCOC(C)C)nc2sc3c(c2c1=O)CCCC3. The van der Waals surface area contributed by atoms with Crippen molar-refractivity contribution >= 4 is 39.2 Å². The summed E-state index contributed by atoms with van der Waals surface area (Å²) in [5.74, 6) is 0.716. The van der Waals surface area contributed by atoms with E-state index in [0.29, 0.717) is 30.8 Å². The minimum absolute atomic E-state index is 0.0372. The summed E-state index contributed by atoms with van der Waals surface area (Å²) < 4.78 is 7.30. The monoisotopic (exact) mass is 465 g/mol. The Balaban J connectivity index is 1.73. The molecule has 0 spiro atoms. The topological polar surface area (TPSA) is 73.2 Å². The minimum atomic E-state index is -0.0372. The second-order valence-corrected chi connectivity index (χ2v) is 10.9. The number of ether oxygens (including phenoxy) is 1. The second-order valence-electron chi connectivity index (χ2n) is 8.84. The Kier molecular flexibility index (Phi) is 8.98. The Hall–Kier alpha value is -1.38. The average Bonchev–Trinajstić information content (AvgIpc) is 3.09. The number of fused-ring (bicyclic) bond motifs is 3. The van der Waals surface area contributed by atoms with Gasteiger partial charge in [0.25, 0.3) is 5.56 Å². The Bertz CT molecular complexity index is 950. The highest BCUT2D eigenvalue weighted by atomic mass is 32.2. The summed E-state index contributed by atoms with van der Waals surface area (Å²) in [5.41, 5.74) is 1.29. The lowest BCUT2D eigenvalue weighted by atomic mass is 9.97. The summed E-state index contributed by atoms with van der Waals surface area (Å²) in [5, 5.41) is 4.42. The van der Waals surface area contributed by atoms with Gasteiger partial charge in [-0.1, -0.05) is 25.6 Å². The van der Waals surface area contributed by atoms with Gasteiger partial charge in [0.15, 0.2) is 5.16 Å². The third-order valence-electron chi connectivity index (χ3n) is 5.40. The number of rotatable bonds is 11. The fraction of sp³-hybridized carbons (Fsp3) is 0.696. The van der Waals surface area contributed by atoms with Crippen molar-refractivity contribution in [3.05, 3.63) is 20.8 Å². The Morgan fingerprint density at radius 3 is 2.77 bits per heavy atom. The van der Waals surface area contributed by atoms with E-state index < -0.39 is 0 Å². The van der Waals surface area contributed by atoms with Crippen LogP contribution in [0.5, 0.6) is 0 Å². The van der Waals surface area contributed by atoms with Crippen molar-refractivity contribution in [1.29, 1.82) is 0 Å². The summed E-state index contributed by atoms with van der Waals surface area (Å²) >= 11 is 3.03. The van der Waals surface area contributed by atoms with E-state index in [9.17, 15) is 9.59 Å². The van der Waals surface area contributed by atoms with Crippen molar-refractivity contribution in [2.75, 3.05) is 18.9 Å². The quantitative estimate of drug-likeness (QED) is 0.302. The fourth-order valence-corrected chi connectivity index (χ4v) is 5.87. The number of carbonyl (C=O) groups excluding carboxylic acids is 1. The van der Waals surface area contributed by atoms with E-state index in [1.165, 1.54) is 28.6 Å². The number of aromatic nitrogens is 2. The average molecular weight is 466 g/mol. The molecule has 0 radical (unpaired) electrons. The molecule has 2 aromatic rings. The number of amides is 1. The van der Waals surface area contributed by atoms with Gasteiger partial charge in [0.2, 0.25) is 5.91 Å². The molecule has 1 aliphatic rings. The van der Waals surface area contributed by atoms with E-state index in [1.54, 1.807) is 15.9 Å². The molecular weight excluding hydrogens is 430 g/mol. The predicted molar refractivity (Wildman–Crippen MR) is 129 cm³/mol. The van der Waals surface area contributed by atoms with Crippen molar-refractivity contribution in [3.63, 3.8) is 0 Å². The van der Waals surface area contributed by atoms with E-state index >= 15 is 0 Å². The molecule has 31 heavy (non-hydrogen) atoms. The number of nitrogens with one attached hydrogen (secondary N) is 1. The van der Waals surface area contributed by atoms with Crippen molar-refractivity contribution in [3.8, 4) is 0 Å². The smallest absolute Gasteiger partial charge is 0.263 e. The van der Waals surface area contributed by atoms with Crippen LogP contribution in [0.2, 0.25) is 0 Å². The molecule has 0 saturated carbocycles. The number of aryl methyl sites for hydroxylation is 2. The van der Waals surface area contributed by atoms with Gasteiger partial charge in [0, 0.05) is 24.6 Å². The van der Waals surface area contributed by atoms with Crippen LogP contribution >= 0.6 is 23.1 Å². The van der Waals surface area contributed by atoms with E-state index in [4.69, 9.17) is 9.72 Å². The highest BCUT2D eigenvalue weighted by Crippen LogP contribution is 2.34. The molecule has 1 amide bonds. The Labute approximate surface area is 193 Å². The molecule has 0 unspecified atom stereocenters. The lowest BCUT2D eigenvalue weighted by Crippen LogP contribution is -2.28. The summed E-state index contributed by atoms with van der Waals surface area (Å²) in [6.07, 6.45) is 6.26. The number of nitrogens with zero attached hydrogens (tertiary/aromatic N) is 2. The Morgan fingerprint density at radius 2 is 2.03 bits per heavy atom. The highest BCUT2D eigenvalue weighted by molar-refractivity contribution is 7.99. The van der Waals surface area contributed by atoms with Gasteiger partial charge in [-0.25, -0.2) is 4.98 Å². The molecule has 8 heteroatoms. The van der Waals surface area contributed by atoms with Crippen LogP contribution in [0.25, 0.3) is 10.2 Å². The van der Waals surface area contributed by atoms with Crippen LogP contribution < -0.4 is 10.9 Å². The number of hydrogen-bond acceptors (Lipinski definition) is 6. The number of thioether (sulfide) groups is 1. The first-order chi connectivity index (χ1) is 14.9. The summed E-state index contributed by atoms with van der Waals surface area (Å²) in [6.45, 7) is 10.2. The van der Waals surface area contributed by atoms with Gasteiger partial charge in [0.05, 0.1) is 17.2 Å². The summed E-state index contributed by atoms with van der Waals surface area (Å²) in [4.78, 5) is 32.8. The number of carbonyl (C=O) groups is 1. The largest absolute Gasteiger partial charge is 0.379 e. The van der Waals surface area contributed by atoms with Gasteiger partial charge < -0.3 is 10.1 Å². The molecule has 0 aliphatic heterocycles. The molecule has 1 N–H and O–H groups in total. The van der Waals surface area contributed by atoms with Crippen LogP contribution in [0.4, 0.5) is 0 Å². The van der Waals surface area contributed by atoms with Crippen molar-refractivity contribution in [1.82, 2.24) is 14.9 Å². The van der Waals surface area contributed by atoms with Gasteiger partial charge in [0.1, 0.15) is 4.83 Å². The van der Waals surface area contributed by atoms with Gasteiger partial charge in [-0.3, -0.25) is 14.2 Å². The molecular formula is C23H35N3O3S2. The van der Waals surface area contributed by atoms with Gasteiger partial charge in [-0.15, -0.1) is 11.3 Å². The predicted octanol–water partition coefficient (Wildman–Crippen LogP) is 4.41. The van der Waals surface area contributed by atoms with Gasteiger partial charge in [-0.2, -0.15) is 0 Å². The molecule has 0 bridgehead atoms. The first kappa shape index (κ1) is 24.3. The second kappa shape index (κ2) is 11.5. The number of hydrogen-bond donors (Lipinski definition) is 1. The molecule has 0 saturated heterocycles. The van der Waals surface area contributed by atoms with Crippen molar-refractivity contribution in [2.24, 2.45) is 5.92 Å². The molecule has 172 valence electrons. The first-order valence-electron chi connectivity index (χ1n) is 11.4. The van der Waals surface area contributed by atoms with Crippen molar-refractivity contribution in [2.45, 2.75) is 84.0 Å². The van der Waals surface area contributed by atoms with Gasteiger partial charge >= 0.3 is 0 Å². The standard InChI is InChI=1S/C23H35N3O3S2/c1-15(2)10-12-26-22(28)20-17-8-5-6-9-18(17)31-21(20)25-23(26)30-14-19(27)24-11-7-13-29-16(3)4/h15-16H,5-14H2,1-4H3,(H,24,27). The Morgan fingerprint density at radius 1 is 1.26 bits per heavy atom. The molecule has 1 aliphatic carbocycles.